The van der Waals surface area contributed by atoms with Crippen LogP contribution in [0.1, 0.15) is 19.3 Å². The van der Waals surface area contributed by atoms with Crippen LogP contribution in [0.2, 0.25) is 0 Å². The molecule has 110 valence electrons. The summed E-state index contributed by atoms with van der Waals surface area (Å²) in [6, 6.07) is 5.76. The third-order valence-electron chi connectivity index (χ3n) is 3.33. The number of ether oxygens (including phenoxy) is 1. The van der Waals surface area contributed by atoms with Gasteiger partial charge in [-0.25, -0.2) is 4.39 Å². The van der Waals surface area contributed by atoms with Gasteiger partial charge in [0.1, 0.15) is 5.82 Å². The summed E-state index contributed by atoms with van der Waals surface area (Å²) in [5.74, 6) is -0.413. The summed E-state index contributed by atoms with van der Waals surface area (Å²) in [4.78, 5) is 13.8. The average molecular weight is 280 g/mol. The number of halogens is 1. The largest absolute Gasteiger partial charge is 0.377 e. The number of hydrogen-bond acceptors (Lipinski definition) is 3. The van der Waals surface area contributed by atoms with Crippen LogP contribution in [0, 0.1) is 5.82 Å². The Labute approximate surface area is 118 Å². The van der Waals surface area contributed by atoms with E-state index in [9.17, 15) is 9.18 Å². The Morgan fingerprint density at radius 2 is 2.15 bits per heavy atom. The highest BCUT2D eigenvalue weighted by Crippen LogP contribution is 2.13. The minimum atomic E-state index is -0.311. The molecule has 1 saturated heterocycles. The SMILES string of the molecule is CN(CC(=O)Nc1ccc(F)cc1)C[C@@H]1CCCCO1. The van der Waals surface area contributed by atoms with Gasteiger partial charge in [0.15, 0.2) is 0 Å². The zero-order valence-electron chi connectivity index (χ0n) is 11.8. The Morgan fingerprint density at radius 3 is 2.80 bits per heavy atom. The van der Waals surface area contributed by atoms with E-state index in [0.717, 1.165) is 26.0 Å². The van der Waals surface area contributed by atoms with Crippen molar-refractivity contribution in [2.24, 2.45) is 0 Å². The van der Waals surface area contributed by atoms with Crippen molar-refractivity contribution in [2.75, 3.05) is 32.1 Å². The van der Waals surface area contributed by atoms with Crippen molar-refractivity contribution in [3.05, 3.63) is 30.1 Å². The maximum Gasteiger partial charge on any atom is 0.238 e. The van der Waals surface area contributed by atoms with Crippen LogP contribution in [-0.2, 0) is 9.53 Å². The molecule has 0 aromatic heterocycles. The number of nitrogens with zero attached hydrogens (tertiary/aromatic N) is 1. The molecule has 5 heteroatoms. The van der Waals surface area contributed by atoms with Crippen LogP contribution >= 0.6 is 0 Å². The Hall–Kier alpha value is -1.46. The van der Waals surface area contributed by atoms with Crippen molar-refractivity contribution in [1.82, 2.24) is 4.90 Å². The highest BCUT2D eigenvalue weighted by atomic mass is 19.1. The van der Waals surface area contributed by atoms with Crippen molar-refractivity contribution in [1.29, 1.82) is 0 Å². The normalized spacial score (nSPS) is 19.1. The molecule has 0 unspecified atom stereocenters. The van der Waals surface area contributed by atoms with E-state index in [1.54, 1.807) is 12.1 Å². The Morgan fingerprint density at radius 1 is 1.40 bits per heavy atom. The molecular weight excluding hydrogens is 259 g/mol. The molecule has 0 bridgehead atoms. The first-order chi connectivity index (χ1) is 9.63. The van der Waals surface area contributed by atoms with Crippen LogP contribution in [0.3, 0.4) is 0 Å². The second-order valence-corrected chi connectivity index (χ2v) is 5.24. The molecule has 0 aliphatic carbocycles. The molecule has 1 aromatic carbocycles. The first kappa shape index (κ1) is 14.9. The number of anilines is 1. The first-order valence-electron chi connectivity index (χ1n) is 6.99. The summed E-state index contributed by atoms with van der Waals surface area (Å²) < 4.78 is 18.4. The predicted octanol–water partition coefficient (Wildman–Crippen LogP) is 2.27. The van der Waals surface area contributed by atoms with Crippen LogP contribution in [0.15, 0.2) is 24.3 Å². The van der Waals surface area contributed by atoms with Gasteiger partial charge in [0.2, 0.25) is 5.91 Å². The lowest BCUT2D eigenvalue weighted by Crippen LogP contribution is -2.37. The molecule has 1 aliphatic rings. The lowest BCUT2D eigenvalue weighted by atomic mass is 10.1. The summed E-state index contributed by atoms with van der Waals surface area (Å²) in [6.45, 7) is 1.88. The third-order valence-corrected chi connectivity index (χ3v) is 3.33. The van der Waals surface area contributed by atoms with Crippen LogP contribution < -0.4 is 5.32 Å². The van der Waals surface area contributed by atoms with E-state index in [1.807, 2.05) is 11.9 Å². The van der Waals surface area contributed by atoms with Crippen LogP contribution in [-0.4, -0.2) is 43.7 Å². The fraction of sp³-hybridized carbons (Fsp3) is 0.533. The topological polar surface area (TPSA) is 41.6 Å². The van der Waals surface area contributed by atoms with Gasteiger partial charge in [-0.3, -0.25) is 9.69 Å². The molecule has 0 radical (unpaired) electrons. The van der Waals surface area contributed by atoms with E-state index in [2.05, 4.69) is 5.32 Å². The van der Waals surface area contributed by atoms with Gasteiger partial charge in [-0.05, 0) is 50.6 Å². The van der Waals surface area contributed by atoms with Crippen molar-refractivity contribution in [2.45, 2.75) is 25.4 Å². The van der Waals surface area contributed by atoms with Crippen molar-refractivity contribution in [3.8, 4) is 0 Å². The lowest BCUT2D eigenvalue weighted by molar-refractivity contribution is -0.117. The molecule has 0 saturated carbocycles. The zero-order chi connectivity index (χ0) is 14.4. The number of carbonyl (C=O) groups is 1. The quantitative estimate of drug-likeness (QED) is 0.899. The fourth-order valence-electron chi connectivity index (χ4n) is 2.34. The van der Waals surface area contributed by atoms with Crippen molar-refractivity contribution >= 4 is 11.6 Å². The van der Waals surface area contributed by atoms with Crippen LogP contribution in [0.5, 0.6) is 0 Å². The minimum absolute atomic E-state index is 0.102. The molecule has 1 fully saturated rings. The summed E-state index contributed by atoms with van der Waals surface area (Å²) in [6.07, 6.45) is 3.61. The number of nitrogens with one attached hydrogen (secondary N) is 1. The van der Waals surface area contributed by atoms with E-state index in [1.165, 1.54) is 18.6 Å². The number of benzene rings is 1. The highest BCUT2D eigenvalue weighted by Gasteiger charge is 2.17. The number of rotatable bonds is 5. The van der Waals surface area contributed by atoms with Crippen molar-refractivity contribution in [3.63, 3.8) is 0 Å². The monoisotopic (exact) mass is 280 g/mol. The Bertz CT molecular complexity index is 430. The molecule has 1 aromatic rings. The second-order valence-electron chi connectivity index (χ2n) is 5.24. The first-order valence-corrected chi connectivity index (χ1v) is 6.99. The van der Waals surface area contributed by atoms with Crippen LogP contribution in [0.4, 0.5) is 10.1 Å². The average Bonchev–Trinajstić information content (AvgIpc) is 2.42. The van der Waals surface area contributed by atoms with E-state index in [0.29, 0.717) is 12.2 Å². The smallest absolute Gasteiger partial charge is 0.238 e. The molecule has 1 heterocycles. The second kappa shape index (κ2) is 7.36. The number of amides is 1. The van der Waals surface area contributed by atoms with E-state index >= 15 is 0 Å². The van der Waals surface area contributed by atoms with E-state index in [-0.39, 0.29) is 17.8 Å². The minimum Gasteiger partial charge on any atom is -0.377 e. The van der Waals surface area contributed by atoms with Gasteiger partial charge in [-0.2, -0.15) is 0 Å². The summed E-state index contributed by atoms with van der Waals surface area (Å²) >= 11 is 0. The molecule has 1 atom stereocenters. The lowest BCUT2D eigenvalue weighted by Gasteiger charge is -2.27. The Kier molecular flexibility index (Phi) is 5.49. The number of likely N-dealkylation sites (N-methyl/N-ethyl adjacent to an activating group) is 1. The van der Waals surface area contributed by atoms with Gasteiger partial charge in [0, 0.05) is 18.8 Å². The van der Waals surface area contributed by atoms with Gasteiger partial charge in [-0.1, -0.05) is 0 Å². The molecule has 1 amide bonds. The molecule has 1 N–H and O–H groups in total. The van der Waals surface area contributed by atoms with Gasteiger partial charge >= 0.3 is 0 Å². The number of hydrogen-bond donors (Lipinski definition) is 1. The van der Waals surface area contributed by atoms with E-state index < -0.39 is 0 Å². The maximum absolute atomic E-state index is 12.8. The molecule has 4 nitrogen and oxygen atoms in total. The van der Waals surface area contributed by atoms with Gasteiger partial charge in [0.05, 0.1) is 12.6 Å². The van der Waals surface area contributed by atoms with Gasteiger partial charge in [0.25, 0.3) is 0 Å². The molecule has 1 aliphatic heterocycles. The maximum atomic E-state index is 12.8. The summed E-state index contributed by atoms with van der Waals surface area (Å²) in [7, 11) is 1.90. The molecular formula is C15H21FN2O2. The standard InChI is InChI=1S/C15H21FN2O2/c1-18(10-14-4-2-3-9-20-14)11-15(19)17-13-7-5-12(16)6-8-13/h5-8,14H,2-4,9-11H2,1H3,(H,17,19)/t14-/m0/s1. The fourth-order valence-corrected chi connectivity index (χ4v) is 2.34. The number of carbonyl (C=O) groups excluding carboxylic acids is 1. The predicted molar refractivity (Wildman–Crippen MR) is 76.1 cm³/mol. The molecule has 0 spiro atoms. The molecule has 20 heavy (non-hydrogen) atoms. The van der Waals surface area contributed by atoms with Crippen LogP contribution in [0.25, 0.3) is 0 Å². The highest BCUT2D eigenvalue weighted by molar-refractivity contribution is 5.92. The van der Waals surface area contributed by atoms with Crippen molar-refractivity contribution < 1.29 is 13.9 Å². The Balaban J connectivity index is 1.74. The summed E-state index contributed by atoms with van der Waals surface area (Å²) in [5.41, 5.74) is 0.610. The van der Waals surface area contributed by atoms with Gasteiger partial charge < -0.3 is 10.1 Å². The summed E-state index contributed by atoms with van der Waals surface area (Å²) in [5, 5.41) is 2.75. The third kappa shape index (κ3) is 4.90. The zero-order valence-corrected chi connectivity index (χ0v) is 11.8. The van der Waals surface area contributed by atoms with E-state index in [4.69, 9.17) is 4.74 Å². The van der Waals surface area contributed by atoms with Gasteiger partial charge in [-0.15, -0.1) is 0 Å². The molecule has 2 rings (SSSR count).